The van der Waals surface area contributed by atoms with Gasteiger partial charge in [0, 0.05) is 5.57 Å². The van der Waals surface area contributed by atoms with Gasteiger partial charge in [0.1, 0.15) is 6.10 Å². The molecule has 3 atom stereocenters. The third kappa shape index (κ3) is 2.73. The fourth-order valence-electron chi connectivity index (χ4n) is 2.89. The standard InChI is InChI=1S/C19H18O3/c20-17(13-7-3-1-4-8-13)15-11-12-16(19(15)22)18(21)14-9-5-2-6-10-14/h1-11,16-18,20-21H,12H2/t16?,17-,18+/m0/s1. The molecule has 0 aromatic heterocycles. The minimum atomic E-state index is -0.929. The molecule has 0 spiro atoms. The van der Waals surface area contributed by atoms with E-state index >= 15 is 0 Å². The second kappa shape index (κ2) is 6.26. The molecule has 2 N–H and O–H groups in total. The van der Waals surface area contributed by atoms with Crippen LogP contribution in [0.15, 0.2) is 72.3 Å². The first-order chi connectivity index (χ1) is 10.7. The number of ketones is 1. The second-order valence-corrected chi connectivity index (χ2v) is 5.53. The monoisotopic (exact) mass is 294 g/mol. The van der Waals surface area contributed by atoms with Gasteiger partial charge in [-0.25, -0.2) is 0 Å². The molecular formula is C19H18O3. The van der Waals surface area contributed by atoms with Crippen molar-refractivity contribution in [2.75, 3.05) is 0 Å². The van der Waals surface area contributed by atoms with E-state index in [-0.39, 0.29) is 5.78 Å². The van der Waals surface area contributed by atoms with Crippen LogP contribution < -0.4 is 0 Å². The van der Waals surface area contributed by atoms with E-state index in [0.29, 0.717) is 17.6 Å². The highest BCUT2D eigenvalue weighted by Crippen LogP contribution is 2.37. The van der Waals surface area contributed by atoms with Gasteiger partial charge in [-0.1, -0.05) is 66.7 Å². The Labute approximate surface area is 129 Å². The molecule has 2 aromatic carbocycles. The number of rotatable bonds is 4. The number of hydrogen-bond donors (Lipinski definition) is 2. The number of hydrogen-bond acceptors (Lipinski definition) is 3. The summed E-state index contributed by atoms with van der Waals surface area (Å²) in [6, 6.07) is 18.3. The number of allylic oxidation sites excluding steroid dienone is 1. The number of carbonyl (C=O) groups excluding carboxylic acids is 1. The minimum Gasteiger partial charge on any atom is -0.388 e. The molecule has 0 bridgehead atoms. The van der Waals surface area contributed by atoms with E-state index in [0.717, 1.165) is 5.56 Å². The molecule has 1 aliphatic rings. The Hall–Kier alpha value is -2.23. The smallest absolute Gasteiger partial charge is 0.167 e. The Balaban J connectivity index is 1.77. The highest BCUT2D eigenvalue weighted by atomic mass is 16.3. The lowest BCUT2D eigenvalue weighted by molar-refractivity contribution is -0.122. The van der Waals surface area contributed by atoms with E-state index in [4.69, 9.17) is 0 Å². The van der Waals surface area contributed by atoms with Crippen LogP contribution in [0, 0.1) is 5.92 Å². The molecule has 2 aromatic rings. The molecule has 0 saturated carbocycles. The normalized spacial score (nSPS) is 20.5. The van der Waals surface area contributed by atoms with Crippen molar-refractivity contribution in [2.45, 2.75) is 18.6 Å². The van der Waals surface area contributed by atoms with Crippen LogP contribution in [0.1, 0.15) is 29.8 Å². The minimum absolute atomic E-state index is 0.173. The van der Waals surface area contributed by atoms with Crippen LogP contribution in [-0.2, 0) is 4.79 Å². The molecule has 3 rings (SSSR count). The van der Waals surface area contributed by atoms with Crippen LogP contribution in [0.5, 0.6) is 0 Å². The summed E-state index contributed by atoms with van der Waals surface area (Å²) < 4.78 is 0. The van der Waals surface area contributed by atoms with Gasteiger partial charge in [-0.15, -0.1) is 0 Å². The van der Waals surface area contributed by atoms with Gasteiger partial charge in [-0.2, -0.15) is 0 Å². The Morgan fingerprint density at radius 1 is 0.864 bits per heavy atom. The highest BCUT2D eigenvalue weighted by molar-refractivity contribution is 6.01. The molecule has 0 aliphatic heterocycles. The van der Waals surface area contributed by atoms with Gasteiger partial charge < -0.3 is 10.2 Å². The Kier molecular flexibility index (Phi) is 4.18. The summed E-state index contributed by atoms with van der Waals surface area (Å²) in [6.45, 7) is 0. The van der Waals surface area contributed by atoms with Crippen LogP contribution in [0.4, 0.5) is 0 Å². The Morgan fingerprint density at radius 2 is 1.41 bits per heavy atom. The molecule has 1 aliphatic carbocycles. The molecule has 3 nitrogen and oxygen atoms in total. The zero-order valence-electron chi connectivity index (χ0n) is 12.1. The van der Waals surface area contributed by atoms with Crippen molar-refractivity contribution in [3.05, 3.63) is 83.4 Å². The fraction of sp³-hybridized carbons (Fsp3) is 0.211. The number of benzene rings is 2. The zero-order valence-corrected chi connectivity index (χ0v) is 12.1. The molecule has 0 fully saturated rings. The molecule has 0 amide bonds. The first kappa shape index (κ1) is 14.7. The first-order valence-corrected chi connectivity index (χ1v) is 7.39. The number of aliphatic hydroxyl groups is 2. The summed E-state index contributed by atoms with van der Waals surface area (Å²) >= 11 is 0. The Morgan fingerprint density at radius 3 is 2.00 bits per heavy atom. The maximum absolute atomic E-state index is 12.5. The van der Waals surface area contributed by atoms with Gasteiger partial charge >= 0.3 is 0 Å². The molecular weight excluding hydrogens is 276 g/mol. The average molecular weight is 294 g/mol. The first-order valence-electron chi connectivity index (χ1n) is 7.39. The quantitative estimate of drug-likeness (QED) is 0.911. The average Bonchev–Trinajstić information content (AvgIpc) is 2.96. The van der Waals surface area contributed by atoms with Crippen molar-refractivity contribution in [1.82, 2.24) is 0 Å². The predicted molar refractivity (Wildman–Crippen MR) is 84.0 cm³/mol. The summed E-state index contributed by atoms with van der Waals surface area (Å²) in [6.07, 6.45) is 0.428. The van der Waals surface area contributed by atoms with Crippen LogP contribution in [-0.4, -0.2) is 16.0 Å². The molecule has 3 heteroatoms. The summed E-state index contributed by atoms with van der Waals surface area (Å²) in [7, 11) is 0. The van der Waals surface area contributed by atoms with Crippen molar-refractivity contribution < 1.29 is 15.0 Å². The van der Waals surface area contributed by atoms with E-state index in [1.165, 1.54) is 0 Å². The molecule has 0 heterocycles. The van der Waals surface area contributed by atoms with Crippen LogP contribution in [0.2, 0.25) is 0 Å². The molecule has 112 valence electrons. The number of Topliss-reactive ketones (excluding diaryl/α,β-unsaturated/α-hetero) is 1. The van der Waals surface area contributed by atoms with Gasteiger partial charge in [0.2, 0.25) is 0 Å². The molecule has 22 heavy (non-hydrogen) atoms. The summed E-state index contributed by atoms with van der Waals surface area (Å²) in [5.74, 6) is -0.691. The summed E-state index contributed by atoms with van der Waals surface area (Å²) in [5.41, 5.74) is 1.80. The fourth-order valence-corrected chi connectivity index (χ4v) is 2.89. The lowest BCUT2D eigenvalue weighted by atomic mass is 9.90. The lowest BCUT2D eigenvalue weighted by Gasteiger charge is -2.19. The maximum atomic E-state index is 12.5. The maximum Gasteiger partial charge on any atom is 0.167 e. The Bertz CT molecular complexity index is 676. The van der Waals surface area contributed by atoms with Crippen molar-refractivity contribution >= 4 is 5.78 Å². The molecule has 0 saturated heterocycles. The van der Waals surface area contributed by atoms with Gasteiger partial charge in [-0.05, 0) is 17.5 Å². The van der Waals surface area contributed by atoms with E-state index in [9.17, 15) is 15.0 Å². The van der Waals surface area contributed by atoms with Crippen molar-refractivity contribution in [3.63, 3.8) is 0 Å². The van der Waals surface area contributed by atoms with Gasteiger partial charge in [0.15, 0.2) is 5.78 Å². The van der Waals surface area contributed by atoms with Gasteiger partial charge in [0.05, 0.1) is 12.0 Å². The van der Waals surface area contributed by atoms with Gasteiger partial charge in [-0.3, -0.25) is 4.79 Å². The third-order valence-electron chi connectivity index (χ3n) is 4.15. The van der Waals surface area contributed by atoms with E-state index in [1.54, 1.807) is 18.2 Å². The van der Waals surface area contributed by atoms with Crippen molar-refractivity contribution in [1.29, 1.82) is 0 Å². The lowest BCUT2D eigenvalue weighted by Crippen LogP contribution is -2.21. The van der Waals surface area contributed by atoms with Crippen LogP contribution >= 0.6 is 0 Å². The van der Waals surface area contributed by atoms with E-state index in [2.05, 4.69) is 0 Å². The predicted octanol–water partition coefficient (Wildman–Crippen LogP) is 2.97. The van der Waals surface area contributed by atoms with Crippen LogP contribution in [0.25, 0.3) is 0 Å². The summed E-state index contributed by atoms with van der Waals surface area (Å²) in [5, 5.41) is 20.8. The highest BCUT2D eigenvalue weighted by Gasteiger charge is 2.36. The van der Waals surface area contributed by atoms with E-state index in [1.807, 2.05) is 48.5 Å². The summed E-state index contributed by atoms with van der Waals surface area (Å²) in [4.78, 5) is 12.5. The topological polar surface area (TPSA) is 57.5 Å². The number of aliphatic hydroxyl groups excluding tert-OH is 2. The zero-order chi connectivity index (χ0) is 15.5. The second-order valence-electron chi connectivity index (χ2n) is 5.53. The SMILES string of the molecule is O=C1C([C@@H](O)c2ccccc2)=CCC1[C@H](O)c1ccccc1. The van der Waals surface area contributed by atoms with E-state index < -0.39 is 18.1 Å². The van der Waals surface area contributed by atoms with Gasteiger partial charge in [0.25, 0.3) is 0 Å². The van der Waals surface area contributed by atoms with Crippen LogP contribution in [0.3, 0.4) is 0 Å². The largest absolute Gasteiger partial charge is 0.388 e. The number of carbonyl (C=O) groups is 1. The molecule has 0 radical (unpaired) electrons. The third-order valence-corrected chi connectivity index (χ3v) is 4.15. The molecule has 1 unspecified atom stereocenters. The van der Waals surface area contributed by atoms with Crippen molar-refractivity contribution in [3.8, 4) is 0 Å². The van der Waals surface area contributed by atoms with Crippen molar-refractivity contribution in [2.24, 2.45) is 5.92 Å².